The van der Waals surface area contributed by atoms with Crippen molar-refractivity contribution in [2.45, 2.75) is 39.3 Å². The third kappa shape index (κ3) is 5.00. The van der Waals surface area contributed by atoms with Gasteiger partial charge in [0.1, 0.15) is 0 Å². The highest BCUT2D eigenvalue weighted by Crippen LogP contribution is 2.27. The molecule has 1 aromatic carbocycles. The molecule has 0 N–H and O–H groups in total. The SMILES string of the molecule is CC(C)N(Cc1nnc(-c2ccccc2Cl)o1)C(=O)CCc1nnc(-c2ccsc2)o1. The number of hydrogen-bond donors (Lipinski definition) is 0. The molecule has 10 heteroatoms. The normalized spacial score (nSPS) is 11.2. The summed E-state index contributed by atoms with van der Waals surface area (Å²) < 4.78 is 11.4. The maximum absolute atomic E-state index is 12.9. The number of amides is 1. The van der Waals surface area contributed by atoms with E-state index in [9.17, 15) is 4.79 Å². The van der Waals surface area contributed by atoms with Crippen molar-refractivity contribution >= 4 is 28.8 Å². The number of aryl methyl sites for hydroxylation is 1. The molecule has 0 aliphatic heterocycles. The second-order valence-electron chi connectivity index (χ2n) is 7.11. The molecule has 0 fully saturated rings. The minimum Gasteiger partial charge on any atom is -0.421 e. The topological polar surface area (TPSA) is 98.2 Å². The van der Waals surface area contributed by atoms with Crippen LogP contribution in [-0.4, -0.2) is 37.2 Å². The monoisotopic (exact) mass is 457 g/mol. The number of carbonyl (C=O) groups is 1. The van der Waals surface area contributed by atoms with E-state index in [2.05, 4.69) is 20.4 Å². The van der Waals surface area contributed by atoms with E-state index in [0.29, 0.717) is 40.6 Å². The first-order valence-electron chi connectivity index (χ1n) is 9.73. The Kier molecular flexibility index (Phi) is 6.43. The largest absolute Gasteiger partial charge is 0.421 e. The number of hydrogen-bond acceptors (Lipinski definition) is 8. The Hall–Kier alpha value is -3.04. The third-order valence-corrected chi connectivity index (χ3v) is 5.62. The number of halogens is 1. The van der Waals surface area contributed by atoms with Gasteiger partial charge in [-0.05, 0) is 37.4 Å². The summed E-state index contributed by atoms with van der Waals surface area (Å²) >= 11 is 7.75. The van der Waals surface area contributed by atoms with Crippen molar-refractivity contribution in [3.8, 4) is 22.9 Å². The zero-order valence-electron chi connectivity index (χ0n) is 17.0. The summed E-state index contributed by atoms with van der Waals surface area (Å²) in [6.45, 7) is 4.08. The van der Waals surface area contributed by atoms with Crippen LogP contribution in [0.2, 0.25) is 5.02 Å². The van der Waals surface area contributed by atoms with E-state index < -0.39 is 0 Å². The summed E-state index contributed by atoms with van der Waals surface area (Å²) in [6, 6.07) is 9.10. The molecule has 4 rings (SSSR count). The summed E-state index contributed by atoms with van der Waals surface area (Å²) in [5.41, 5.74) is 1.53. The van der Waals surface area contributed by atoms with Gasteiger partial charge in [0.05, 0.1) is 17.1 Å². The molecule has 0 atom stereocenters. The van der Waals surface area contributed by atoms with Gasteiger partial charge in [-0.15, -0.1) is 20.4 Å². The molecule has 0 saturated heterocycles. The molecule has 1 amide bonds. The third-order valence-electron chi connectivity index (χ3n) is 4.61. The van der Waals surface area contributed by atoms with Crippen LogP contribution in [0.1, 0.15) is 32.0 Å². The first-order chi connectivity index (χ1) is 15.0. The lowest BCUT2D eigenvalue weighted by Gasteiger charge is -2.25. The predicted octanol–water partition coefficient (Wildman–Crippen LogP) is 4.87. The Labute approximate surface area is 187 Å². The summed E-state index contributed by atoms with van der Waals surface area (Å²) in [5.74, 6) is 1.49. The number of rotatable bonds is 8. The Balaban J connectivity index is 1.40. The molecule has 0 aliphatic carbocycles. The lowest BCUT2D eigenvalue weighted by Crippen LogP contribution is -2.36. The number of nitrogens with zero attached hydrogens (tertiary/aromatic N) is 5. The minimum atomic E-state index is -0.0669. The van der Waals surface area contributed by atoms with Crippen LogP contribution in [-0.2, 0) is 17.8 Å². The Morgan fingerprint density at radius 3 is 2.55 bits per heavy atom. The summed E-state index contributed by atoms with van der Waals surface area (Å²) in [7, 11) is 0. The Bertz CT molecular complexity index is 1160. The van der Waals surface area contributed by atoms with E-state index in [1.807, 2.05) is 42.8 Å². The van der Waals surface area contributed by atoms with Gasteiger partial charge in [-0.25, -0.2) is 0 Å². The lowest BCUT2D eigenvalue weighted by molar-refractivity contribution is -0.134. The van der Waals surface area contributed by atoms with Crippen molar-refractivity contribution in [2.24, 2.45) is 0 Å². The Morgan fingerprint density at radius 1 is 1.06 bits per heavy atom. The van der Waals surface area contributed by atoms with Crippen molar-refractivity contribution in [1.29, 1.82) is 0 Å². The van der Waals surface area contributed by atoms with Crippen LogP contribution in [0.5, 0.6) is 0 Å². The van der Waals surface area contributed by atoms with Gasteiger partial charge >= 0.3 is 0 Å². The van der Waals surface area contributed by atoms with Crippen LogP contribution >= 0.6 is 22.9 Å². The molecule has 3 aromatic heterocycles. The molecule has 0 aliphatic rings. The van der Waals surface area contributed by atoms with Gasteiger partial charge < -0.3 is 13.7 Å². The van der Waals surface area contributed by atoms with Crippen LogP contribution in [0.25, 0.3) is 22.9 Å². The number of aromatic nitrogens is 4. The van der Waals surface area contributed by atoms with Gasteiger partial charge in [0, 0.05) is 29.8 Å². The number of carbonyl (C=O) groups excluding carboxylic acids is 1. The molecule has 0 spiro atoms. The van der Waals surface area contributed by atoms with E-state index >= 15 is 0 Å². The van der Waals surface area contributed by atoms with Gasteiger partial charge in [0.2, 0.25) is 29.5 Å². The van der Waals surface area contributed by atoms with E-state index in [1.165, 1.54) is 0 Å². The van der Waals surface area contributed by atoms with Gasteiger partial charge in [-0.1, -0.05) is 23.7 Å². The van der Waals surface area contributed by atoms with E-state index in [-0.39, 0.29) is 24.9 Å². The van der Waals surface area contributed by atoms with Crippen molar-refractivity contribution < 1.29 is 13.6 Å². The highest BCUT2D eigenvalue weighted by atomic mass is 35.5. The van der Waals surface area contributed by atoms with Crippen LogP contribution in [0, 0.1) is 0 Å². The van der Waals surface area contributed by atoms with Gasteiger partial charge in [-0.3, -0.25) is 4.79 Å². The summed E-state index contributed by atoms with van der Waals surface area (Å²) in [6.07, 6.45) is 0.586. The molecule has 0 unspecified atom stereocenters. The highest BCUT2D eigenvalue weighted by Gasteiger charge is 2.22. The van der Waals surface area contributed by atoms with Crippen LogP contribution < -0.4 is 0 Å². The average Bonchev–Trinajstić information content (AvgIpc) is 3.52. The van der Waals surface area contributed by atoms with Crippen LogP contribution in [0.3, 0.4) is 0 Å². The highest BCUT2D eigenvalue weighted by molar-refractivity contribution is 7.08. The first-order valence-corrected chi connectivity index (χ1v) is 11.0. The quantitative estimate of drug-likeness (QED) is 0.372. The van der Waals surface area contributed by atoms with E-state index in [0.717, 1.165) is 5.56 Å². The second-order valence-corrected chi connectivity index (χ2v) is 8.30. The fourth-order valence-corrected chi connectivity index (χ4v) is 3.83. The maximum Gasteiger partial charge on any atom is 0.249 e. The standard InChI is InChI=1S/C21H20ClN5O3S/c1-13(2)27(11-18-24-26-21(30-18)15-5-3-4-6-16(15)22)19(28)8-7-17-23-25-20(29-17)14-9-10-31-12-14/h3-6,9-10,12-13H,7-8,11H2,1-2H3. The smallest absolute Gasteiger partial charge is 0.249 e. The zero-order chi connectivity index (χ0) is 21.8. The first kappa shape index (κ1) is 21.2. The van der Waals surface area contributed by atoms with Crippen molar-refractivity contribution in [3.63, 3.8) is 0 Å². The summed E-state index contributed by atoms with van der Waals surface area (Å²) in [5, 5.41) is 20.6. The van der Waals surface area contributed by atoms with Gasteiger partial charge in [0.25, 0.3) is 0 Å². The fraction of sp³-hybridized carbons (Fsp3) is 0.286. The van der Waals surface area contributed by atoms with Gasteiger partial charge in [0.15, 0.2) is 0 Å². The molecule has 4 aromatic rings. The molecule has 31 heavy (non-hydrogen) atoms. The summed E-state index contributed by atoms with van der Waals surface area (Å²) in [4.78, 5) is 14.5. The van der Waals surface area contributed by atoms with E-state index in [1.54, 1.807) is 28.4 Å². The van der Waals surface area contributed by atoms with Gasteiger partial charge in [-0.2, -0.15) is 11.3 Å². The molecule has 160 valence electrons. The minimum absolute atomic E-state index is 0.0489. The van der Waals surface area contributed by atoms with Crippen LogP contribution in [0.4, 0.5) is 0 Å². The molecule has 0 bridgehead atoms. The fourth-order valence-electron chi connectivity index (χ4n) is 2.98. The predicted molar refractivity (Wildman–Crippen MR) is 116 cm³/mol. The van der Waals surface area contributed by atoms with Crippen molar-refractivity contribution in [1.82, 2.24) is 25.3 Å². The molecular weight excluding hydrogens is 438 g/mol. The molecular formula is C21H20ClN5O3S. The number of benzene rings is 1. The zero-order valence-corrected chi connectivity index (χ0v) is 18.6. The lowest BCUT2D eigenvalue weighted by atomic mass is 10.2. The molecule has 0 radical (unpaired) electrons. The van der Waals surface area contributed by atoms with E-state index in [4.69, 9.17) is 20.4 Å². The maximum atomic E-state index is 12.9. The second kappa shape index (κ2) is 9.40. The molecule has 0 saturated carbocycles. The molecule has 8 nitrogen and oxygen atoms in total. The molecule has 3 heterocycles. The Morgan fingerprint density at radius 2 is 1.81 bits per heavy atom. The van der Waals surface area contributed by atoms with Crippen molar-refractivity contribution in [3.05, 3.63) is 57.9 Å². The van der Waals surface area contributed by atoms with Crippen LogP contribution in [0.15, 0.2) is 49.9 Å². The average molecular weight is 458 g/mol. The number of thiophene rings is 1. The van der Waals surface area contributed by atoms with Crippen molar-refractivity contribution in [2.75, 3.05) is 0 Å².